The molecule has 6 nitrogen and oxygen atoms in total. The van der Waals surface area contributed by atoms with E-state index in [9.17, 15) is 4.79 Å². The number of rotatable bonds is 3. The standard InChI is InChI=1S/C9H14N4O2/c1-12-8(5-13-3-6(10)4-13)7(2-11-12)9(14)15/h2,6H,3-5,10H2,1H3,(H,14,15). The smallest absolute Gasteiger partial charge is 0.339 e. The Bertz CT molecular complexity index is 381. The van der Waals surface area contributed by atoms with Gasteiger partial charge in [-0.15, -0.1) is 0 Å². The maximum Gasteiger partial charge on any atom is 0.339 e. The van der Waals surface area contributed by atoms with Crippen LogP contribution in [0, 0.1) is 0 Å². The Morgan fingerprint density at radius 1 is 1.73 bits per heavy atom. The quantitative estimate of drug-likeness (QED) is 0.686. The van der Waals surface area contributed by atoms with E-state index >= 15 is 0 Å². The predicted molar refractivity (Wildman–Crippen MR) is 53.4 cm³/mol. The van der Waals surface area contributed by atoms with Gasteiger partial charge in [0, 0.05) is 32.7 Å². The van der Waals surface area contributed by atoms with Crippen LogP contribution >= 0.6 is 0 Å². The van der Waals surface area contributed by atoms with Crippen molar-refractivity contribution in [1.29, 1.82) is 0 Å². The molecule has 0 atom stereocenters. The lowest BCUT2D eigenvalue weighted by Crippen LogP contribution is -2.55. The number of carbonyl (C=O) groups is 1. The van der Waals surface area contributed by atoms with E-state index in [1.165, 1.54) is 6.20 Å². The molecular formula is C9H14N4O2. The highest BCUT2D eigenvalue weighted by Gasteiger charge is 2.26. The molecule has 1 aliphatic rings. The Morgan fingerprint density at radius 3 is 2.93 bits per heavy atom. The SMILES string of the molecule is Cn1ncc(C(=O)O)c1CN1CC(N)C1. The number of likely N-dealkylation sites (tertiary alicyclic amines) is 1. The van der Waals surface area contributed by atoms with Crippen LogP contribution in [0.2, 0.25) is 0 Å². The largest absolute Gasteiger partial charge is 0.478 e. The number of hydrogen-bond donors (Lipinski definition) is 2. The van der Waals surface area contributed by atoms with E-state index in [0.717, 1.165) is 18.8 Å². The van der Waals surface area contributed by atoms with Crippen molar-refractivity contribution in [3.05, 3.63) is 17.5 Å². The molecule has 0 spiro atoms. The van der Waals surface area contributed by atoms with Crippen molar-refractivity contribution in [3.8, 4) is 0 Å². The number of nitrogens with two attached hydrogens (primary N) is 1. The summed E-state index contributed by atoms with van der Waals surface area (Å²) in [6, 6.07) is 0.228. The summed E-state index contributed by atoms with van der Waals surface area (Å²) < 4.78 is 1.60. The monoisotopic (exact) mass is 210 g/mol. The molecule has 2 rings (SSSR count). The minimum Gasteiger partial charge on any atom is -0.478 e. The van der Waals surface area contributed by atoms with Crippen LogP contribution < -0.4 is 5.73 Å². The fourth-order valence-corrected chi connectivity index (χ4v) is 1.78. The average molecular weight is 210 g/mol. The number of aromatic carboxylic acids is 1. The molecule has 1 fully saturated rings. The van der Waals surface area contributed by atoms with E-state index in [-0.39, 0.29) is 11.6 Å². The zero-order valence-electron chi connectivity index (χ0n) is 8.55. The van der Waals surface area contributed by atoms with Gasteiger partial charge < -0.3 is 10.8 Å². The molecule has 0 aliphatic carbocycles. The van der Waals surface area contributed by atoms with Gasteiger partial charge in [0.1, 0.15) is 5.56 Å². The molecule has 6 heteroatoms. The first-order chi connectivity index (χ1) is 7.08. The predicted octanol–water partition coefficient (Wildman–Crippen LogP) is -0.739. The molecule has 0 unspecified atom stereocenters. The van der Waals surface area contributed by atoms with Crippen molar-refractivity contribution in [2.24, 2.45) is 12.8 Å². The number of aryl methyl sites for hydroxylation is 1. The van der Waals surface area contributed by atoms with Crippen molar-refractivity contribution in [2.75, 3.05) is 13.1 Å². The van der Waals surface area contributed by atoms with Crippen LogP contribution in [0.25, 0.3) is 0 Å². The van der Waals surface area contributed by atoms with Crippen molar-refractivity contribution in [2.45, 2.75) is 12.6 Å². The van der Waals surface area contributed by atoms with Crippen LogP contribution in [-0.4, -0.2) is 44.9 Å². The summed E-state index contributed by atoms with van der Waals surface area (Å²) in [4.78, 5) is 13.0. The second-order valence-electron chi connectivity index (χ2n) is 3.89. The van der Waals surface area contributed by atoms with Gasteiger partial charge in [-0.25, -0.2) is 4.79 Å². The van der Waals surface area contributed by atoms with Crippen LogP contribution in [0.5, 0.6) is 0 Å². The van der Waals surface area contributed by atoms with Crippen molar-refractivity contribution in [1.82, 2.24) is 14.7 Å². The van der Waals surface area contributed by atoms with Gasteiger partial charge in [0.2, 0.25) is 0 Å². The summed E-state index contributed by atoms with van der Waals surface area (Å²) in [5.41, 5.74) is 6.66. The fourth-order valence-electron chi connectivity index (χ4n) is 1.78. The summed E-state index contributed by atoms with van der Waals surface area (Å²) in [6.45, 7) is 2.25. The first kappa shape index (κ1) is 10.1. The third kappa shape index (κ3) is 1.86. The van der Waals surface area contributed by atoms with Gasteiger partial charge >= 0.3 is 5.97 Å². The van der Waals surface area contributed by atoms with E-state index in [1.54, 1.807) is 11.7 Å². The number of nitrogens with zero attached hydrogens (tertiary/aromatic N) is 3. The van der Waals surface area contributed by atoms with Crippen LogP contribution in [0.15, 0.2) is 6.20 Å². The van der Waals surface area contributed by atoms with Crippen LogP contribution in [0.4, 0.5) is 0 Å². The maximum absolute atomic E-state index is 10.9. The third-order valence-electron chi connectivity index (χ3n) is 2.65. The van der Waals surface area contributed by atoms with Gasteiger partial charge in [-0.1, -0.05) is 0 Å². The average Bonchev–Trinajstić information content (AvgIpc) is 2.45. The lowest BCUT2D eigenvalue weighted by Gasteiger charge is -2.36. The van der Waals surface area contributed by atoms with Gasteiger partial charge in [-0.05, 0) is 0 Å². The molecule has 0 saturated carbocycles. The lowest BCUT2D eigenvalue weighted by molar-refractivity contribution is 0.0692. The van der Waals surface area contributed by atoms with Crippen LogP contribution in [0.3, 0.4) is 0 Å². The highest BCUT2D eigenvalue weighted by atomic mass is 16.4. The molecule has 3 N–H and O–H groups in total. The first-order valence-electron chi connectivity index (χ1n) is 4.80. The van der Waals surface area contributed by atoms with Gasteiger partial charge in [-0.3, -0.25) is 9.58 Å². The molecule has 1 aliphatic heterocycles. The van der Waals surface area contributed by atoms with Crippen molar-refractivity contribution < 1.29 is 9.90 Å². The van der Waals surface area contributed by atoms with Crippen molar-refractivity contribution in [3.63, 3.8) is 0 Å². The Hall–Kier alpha value is -1.40. The maximum atomic E-state index is 10.9. The van der Waals surface area contributed by atoms with Gasteiger partial charge in [0.15, 0.2) is 0 Å². The number of hydrogen-bond acceptors (Lipinski definition) is 4. The molecule has 82 valence electrons. The number of aromatic nitrogens is 2. The fraction of sp³-hybridized carbons (Fsp3) is 0.556. The molecule has 1 saturated heterocycles. The topological polar surface area (TPSA) is 84.4 Å². The van der Waals surface area contributed by atoms with Crippen LogP contribution in [0.1, 0.15) is 16.1 Å². The Labute approximate surface area is 87.3 Å². The molecule has 15 heavy (non-hydrogen) atoms. The van der Waals surface area contributed by atoms with Gasteiger partial charge in [0.05, 0.1) is 11.9 Å². The minimum absolute atomic E-state index is 0.228. The Kier molecular flexibility index (Phi) is 2.45. The zero-order valence-corrected chi connectivity index (χ0v) is 8.55. The minimum atomic E-state index is -0.928. The van der Waals surface area contributed by atoms with E-state index in [2.05, 4.69) is 10.00 Å². The molecule has 0 radical (unpaired) electrons. The highest BCUT2D eigenvalue weighted by Crippen LogP contribution is 2.14. The summed E-state index contributed by atoms with van der Waals surface area (Å²) >= 11 is 0. The molecule has 0 bridgehead atoms. The van der Waals surface area contributed by atoms with Crippen molar-refractivity contribution >= 4 is 5.97 Å². The van der Waals surface area contributed by atoms with Gasteiger partial charge in [-0.2, -0.15) is 5.10 Å². The second-order valence-corrected chi connectivity index (χ2v) is 3.89. The zero-order chi connectivity index (χ0) is 11.0. The lowest BCUT2D eigenvalue weighted by atomic mass is 10.1. The molecule has 0 aromatic carbocycles. The third-order valence-corrected chi connectivity index (χ3v) is 2.65. The summed E-state index contributed by atoms with van der Waals surface area (Å²) in [5, 5.41) is 12.9. The van der Waals surface area contributed by atoms with E-state index in [1.807, 2.05) is 0 Å². The molecule has 1 aromatic rings. The normalized spacial score (nSPS) is 17.7. The number of carboxylic acid groups (broad SMARTS) is 1. The highest BCUT2D eigenvalue weighted by molar-refractivity contribution is 5.88. The summed E-state index contributed by atoms with van der Waals surface area (Å²) in [6.07, 6.45) is 1.39. The van der Waals surface area contributed by atoms with Gasteiger partial charge in [0.25, 0.3) is 0 Å². The summed E-state index contributed by atoms with van der Waals surface area (Å²) in [7, 11) is 1.75. The van der Waals surface area contributed by atoms with E-state index in [4.69, 9.17) is 10.8 Å². The second kappa shape index (κ2) is 3.63. The first-order valence-corrected chi connectivity index (χ1v) is 4.80. The molecule has 1 aromatic heterocycles. The van der Waals surface area contributed by atoms with Crippen LogP contribution in [-0.2, 0) is 13.6 Å². The Balaban J connectivity index is 2.12. The van der Waals surface area contributed by atoms with E-state index in [0.29, 0.717) is 6.54 Å². The number of carboxylic acids is 1. The molecular weight excluding hydrogens is 196 g/mol. The van der Waals surface area contributed by atoms with E-state index < -0.39 is 5.97 Å². The molecule has 0 amide bonds. The molecule has 2 heterocycles. The summed E-state index contributed by atoms with van der Waals surface area (Å²) in [5.74, 6) is -0.928. The Morgan fingerprint density at radius 2 is 2.40 bits per heavy atom.